The van der Waals surface area contributed by atoms with E-state index in [1.807, 2.05) is 0 Å². The molecule has 0 aromatic carbocycles. The van der Waals surface area contributed by atoms with Gasteiger partial charge in [0.15, 0.2) is 16.8 Å². The maximum absolute atomic E-state index is 14.1. The van der Waals surface area contributed by atoms with Crippen LogP contribution in [0, 0.1) is 11.7 Å². The van der Waals surface area contributed by atoms with Crippen LogP contribution in [0.25, 0.3) is 10.2 Å². The van der Waals surface area contributed by atoms with E-state index in [-0.39, 0.29) is 17.3 Å². The number of thiazole rings is 1. The van der Waals surface area contributed by atoms with E-state index in [0.29, 0.717) is 27.8 Å². The molecule has 2 fully saturated rings. The first-order valence-corrected chi connectivity index (χ1v) is 9.51. The first-order chi connectivity index (χ1) is 12.1. The van der Waals surface area contributed by atoms with Gasteiger partial charge >= 0.3 is 0 Å². The second-order valence-electron chi connectivity index (χ2n) is 6.77. The number of hydrogen-bond acceptors (Lipinski definition) is 6. The monoisotopic (exact) mass is 364 g/mol. The number of pyridine rings is 1. The third-order valence-corrected chi connectivity index (χ3v) is 5.89. The average molecular weight is 364 g/mol. The van der Waals surface area contributed by atoms with Crippen LogP contribution in [0.5, 0.6) is 0 Å². The van der Waals surface area contributed by atoms with Gasteiger partial charge in [-0.1, -0.05) is 11.3 Å². The number of amides is 1. The molecule has 1 amide bonds. The Kier molecular flexibility index (Phi) is 4.56. The van der Waals surface area contributed by atoms with Gasteiger partial charge in [-0.05, 0) is 38.5 Å². The molecule has 0 saturated heterocycles. The summed E-state index contributed by atoms with van der Waals surface area (Å²) in [7, 11) is 1.75. The molecule has 8 heteroatoms. The summed E-state index contributed by atoms with van der Waals surface area (Å²) in [6.07, 6.45) is 7.30. The van der Waals surface area contributed by atoms with E-state index >= 15 is 0 Å². The first-order valence-electron chi connectivity index (χ1n) is 8.69. The van der Waals surface area contributed by atoms with Gasteiger partial charge in [-0.15, -0.1) is 0 Å². The molecule has 2 aliphatic rings. The number of anilines is 2. The molecule has 2 saturated carbocycles. The first kappa shape index (κ1) is 16.7. The van der Waals surface area contributed by atoms with E-state index in [1.54, 1.807) is 7.11 Å². The summed E-state index contributed by atoms with van der Waals surface area (Å²) in [5.41, 5.74) is 0.263. The van der Waals surface area contributed by atoms with Crippen LogP contribution >= 0.6 is 11.3 Å². The lowest BCUT2D eigenvalue weighted by Crippen LogP contribution is -2.29. The van der Waals surface area contributed by atoms with Gasteiger partial charge in [0, 0.05) is 19.1 Å². The topological polar surface area (TPSA) is 76.1 Å². The Bertz CT molecular complexity index is 784. The van der Waals surface area contributed by atoms with Gasteiger partial charge in [-0.25, -0.2) is 14.4 Å². The zero-order valence-corrected chi connectivity index (χ0v) is 14.9. The minimum absolute atomic E-state index is 0.0406. The number of aromatic nitrogens is 2. The lowest BCUT2D eigenvalue weighted by atomic mass is 9.93. The highest BCUT2D eigenvalue weighted by Crippen LogP contribution is 2.36. The zero-order chi connectivity index (χ0) is 17.4. The van der Waals surface area contributed by atoms with E-state index in [9.17, 15) is 9.18 Å². The van der Waals surface area contributed by atoms with Gasteiger partial charge in [-0.3, -0.25) is 4.79 Å². The molecule has 25 heavy (non-hydrogen) atoms. The molecule has 0 atom stereocenters. The molecule has 2 aromatic rings. The minimum atomic E-state index is -0.466. The van der Waals surface area contributed by atoms with Crippen LogP contribution in [0.15, 0.2) is 6.20 Å². The average Bonchev–Trinajstić information content (AvgIpc) is 3.38. The Labute approximate surface area is 149 Å². The lowest BCUT2D eigenvalue weighted by Gasteiger charge is -2.27. The molecule has 0 aliphatic heterocycles. The van der Waals surface area contributed by atoms with Crippen LogP contribution in [0.1, 0.15) is 38.5 Å². The Morgan fingerprint density at radius 2 is 2.04 bits per heavy atom. The molecular weight excluding hydrogens is 343 g/mol. The molecule has 0 bridgehead atoms. The van der Waals surface area contributed by atoms with Crippen molar-refractivity contribution in [2.75, 3.05) is 17.7 Å². The molecule has 0 unspecified atom stereocenters. The van der Waals surface area contributed by atoms with Crippen molar-refractivity contribution < 1.29 is 13.9 Å². The van der Waals surface area contributed by atoms with Crippen LogP contribution in [0.2, 0.25) is 0 Å². The number of halogens is 1. The van der Waals surface area contributed by atoms with Gasteiger partial charge in [-0.2, -0.15) is 0 Å². The van der Waals surface area contributed by atoms with E-state index in [4.69, 9.17) is 4.74 Å². The van der Waals surface area contributed by atoms with Crippen molar-refractivity contribution in [3.8, 4) is 0 Å². The fourth-order valence-electron chi connectivity index (χ4n) is 3.22. The molecule has 0 radical (unpaired) electrons. The highest BCUT2D eigenvalue weighted by Gasteiger charge is 2.30. The van der Waals surface area contributed by atoms with Crippen LogP contribution in [0.3, 0.4) is 0 Å². The molecular formula is C17H21FN4O2S. The van der Waals surface area contributed by atoms with Crippen molar-refractivity contribution in [3.05, 3.63) is 12.0 Å². The highest BCUT2D eigenvalue weighted by molar-refractivity contribution is 7.22. The highest BCUT2D eigenvalue weighted by atomic mass is 32.1. The fourth-order valence-corrected chi connectivity index (χ4v) is 4.21. The Balaban J connectivity index is 1.52. The summed E-state index contributed by atoms with van der Waals surface area (Å²) in [5.74, 6) is -0.0293. The van der Waals surface area contributed by atoms with E-state index in [2.05, 4.69) is 20.6 Å². The molecule has 2 aromatic heterocycles. The largest absolute Gasteiger partial charge is 0.381 e. The smallest absolute Gasteiger partial charge is 0.228 e. The predicted octanol–water partition coefficient (Wildman–Crippen LogP) is 3.55. The Morgan fingerprint density at radius 1 is 1.28 bits per heavy atom. The number of carbonyl (C=O) groups excluding carboxylic acids is 1. The number of hydrogen-bond donors (Lipinski definition) is 2. The summed E-state index contributed by atoms with van der Waals surface area (Å²) < 4.78 is 20.1. The summed E-state index contributed by atoms with van der Waals surface area (Å²) >= 11 is 1.34. The maximum atomic E-state index is 14.1. The van der Waals surface area contributed by atoms with E-state index < -0.39 is 5.82 Å². The van der Waals surface area contributed by atoms with Gasteiger partial charge in [0.2, 0.25) is 5.91 Å². The quantitative estimate of drug-likeness (QED) is 0.848. The van der Waals surface area contributed by atoms with Gasteiger partial charge in [0.25, 0.3) is 0 Å². The van der Waals surface area contributed by atoms with Gasteiger partial charge < -0.3 is 15.4 Å². The summed E-state index contributed by atoms with van der Waals surface area (Å²) in [5, 5.41) is 6.89. The van der Waals surface area contributed by atoms with E-state index in [0.717, 1.165) is 44.7 Å². The van der Waals surface area contributed by atoms with Crippen molar-refractivity contribution in [2.45, 2.75) is 50.7 Å². The van der Waals surface area contributed by atoms with Crippen LogP contribution in [0.4, 0.5) is 15.3 Å². The number of methoxy groups -OCH3 is 1. The predicted molar refractivity (Wildman–Crippen MR) is 95.4 cm³/mol. The fraction of sp³-hybridized carbons (Fsp3) is 0.588. The number of rotatable bonds is 5. The third-order valence-electron chi connectivity index (χ3n) is 4.90. The lowest BCUT2D eigenvalue weighted by molar-refractivity contribution is -0.117. The number of nitrogens with one attached hydrogen (secondary N) is 2. The molecule has 4 rings (SSSR count). The summed E-state index contributed by atoms with van der Waals surface area (Å²) in [6.45, 7) is 0. The molecule has 2 aliphatic carbocycles. The van der Waals surface area contributed by atoms with Crippen molar-refractivity contribution in [1.82, 2.24) is 9.97 Å². The van der Waals surface area contributed by atoms with Crippen molar-refractivity contribution in [3.63, 3.8) is 0 Å². The Morgan fingerprint density at radius 3 is 2.72 bits per heavy atom. The normalized spacial score (nSPS) is 23.6. The van der Waals surface area contributed by atoms with E-state index in [1.165, 1.54) is 11.3 Å². The minimum Gasteiger partial charge on any atom is -0.381 e. The van der Waals surface area contributed by atoms with Crippen molar-refractivity contribution in [2.24, 2.45) is 5.92 Å². The third kappa shape index (κ3) is 3.59. The zero-order valence-electron chi connectivity index (χ0n) is 14.0. The van der Waals surface area contributed by atoms with Crippen molar-refractivity contribution >= 4 is 38.4 Å². The summed E-state index contributed by atoms with van der Waals surface area (Å²) in [4.78, 5) is 20.4. The molecule has 0 spiro atoms. The molecule has 134 valence electrons. The second kappa shape index (κ2) is 6.84. The van der Waals surface area contributed by atoms with Gasteiger partial charge in [0.1, 0.15) is 10.2 Å². The maximum Gasteiger partial charge on any atom is 0.228 e. The van der Waals surface area contributed by atoms with Crippen LogP contribution < -0.4 is 10.6 Å². The number of carbonyl (C=O) groups is 1. The molecule has 6 nitrogen and oxygen atoms in total. The molecule has 2 heterocycles. The number of nitrogens with zero attached hydrogens (tertiary/aromatic N) is 2. The van der Waals surface area contributed by atoms with Crippen LogP contribution in [-0.2, 0) is 9.53 Å². The SMILES string of the molecule is COC1CCC(Nc2nc3c(F)cnc(NC(=O)C4CC4)c3s2)CC1. The summed E-state index contributed by atoms with van der Waals surface area (Å²) in [6, 6.07) is 0.312. The Hall–Kier alpha value is -1.80. The standard InChI is InChI=1S/C17H21FN4O2S/c1-24-11-6-4-10(5-7-11)20-17-21-13-12(18)8-19-15(14(13)25-17)22-16(23)9-2-3-9/h8-11H,2-7H2,1H3,(H,20,21)(H,19,22,23). The van der Waals surface area contributed by atoms with Gasteiger partial charge in [0.05, 0.1) is 12.3 Å². The number of fused-ring (bicyclic) bond motifs is 1. The molecule has 2 N–H and O–H groups in total. The van der Waals surface area contributed by atoms with Crippen molar-refractivity contribution in [1.29, 1.82) is 0 Å². The number of ether oxygens (including phenoxy) is 1. The second-order valence-corrected chi connectivity index (χ2v) is 7.77. The van der Waals surface area contributed by atoms with Crippen LogP contribution in [-0.4, -0.2) is 35.1 Å².